The number of hydrogen-bond acceptors (Lipinski definition) is 4. The second-order valence-electron chi connectivity index (χ2n) is 5.19. The van der Waals surface area contributed by atoms with Crippen LogP contribution in [0.3, 0.4) is 0 Å². The molecule has 1 heterocycles. The lowest BCUT2D eigenvalue weighted by atomic mass is 10.2. The number of methoxy groups -OCH3 is 1. The number of nitrogens with zero attached hydrogens (tertiary/aromatic N) is 2. The van der Waals surface area contributed by atoms with Gasteiger partial charge in [0, 0.05) is 11.9 Å². The van der Waals surface area contributed by atoms with Gasteiger partial charge in [-0.2, -0.15) is 9.84 Å². The largest absolute Gasteiger partial charge is 0.493 e. The summed E-state index contributed by atoms with van der Waals surface area (Å²) in [6.07, 6.45) is 1.82. The molecule has 1 saturated heterocycles. The Morgan fingerprint density at radius 3 is 2.61 bits per heavy atom. The van der Waals surface area contributed by atoms with Gasteiger partial charge in [0.2, 0.25) is 0 Å². The fraction of sp³-hybridized carbons (Fsp3) is 0.462. The molecule has 2 fully saturated rings. The van der Waals surface area contributed by atoms with Crippen LogP contribution >= 0.6 is 58.4 Å². The zero-order valence-electron chi connectivity index (χ0n) is 11.9. The summed E-state index contributed by atoms with van der Waals surface area (Å²) in [5.41, 5.74) is 3.68. The number of nitrogens with one attached hydrogen (secondary N) is 1. The molecule has 5 nitrogen and oxygen atoms in total. The molecule has 2 aliphatic rings. The van der Waals surface area contributed by atoms with Crippen molar-refractivity contribution >= 4 is 70.1 Å². The first-order chi connectivity index (χ1) is 10.8. The Hall–Kier alpha value is -0.240. The van der Waals surface area contributed by atoms with Crippen LogP contribution in [-0.4, -0.2) is 26.8 Å². The van der Waals surface area contributed by atoms with E-state index >= 15 is 0 Å². The predicted molar refractivity (Wildman–Crippen MR) is 95.2 cm³/mol. The van der Waals surface area contributed by atoms with E-state index < -0.39 is 3.12 Å². The van der Waals surface area contributed by atoms with Crippen molar-refractivity contribution in [3.63, 3.8) is 0 Å². The van der Waals surface area contributed by atoms with Crippen molar-refractivity contribution in [3.8, 4) is 5.75 Å². The van der Waals surface area contributed by atoms with Crippen LogP contribution in [0.2, 0.25) is 5.02 Å². The van der Waals surface area contributed by atoms with E-state index in [0.29, 0.717) is 22.4 Å². The van der Waals surface area contributed by atoms with E-state index in [0.717, 1.165) is 24.8 Å². The average Bonchev–Trinajstić information content (AvgIpc) is 3.24. The van der Waals surface area contributed by atoms with E-state index in [1.807, 2.05) is 0 Å². The quantitative estimate of drug-likeness (QED) is 0.565. The summed E-state index contributed by atoms with van der Waals surface area (Å²) >= 11 is 24.4. The first kappa shape index (κ1) is 17.6. The third-order valence-corrected chi connectivity index (χ3v) is 5.15. The molecule has 1 aliphatic carbocycles. The normalized spacial score (nSPS) is 22.0. The van der Waals surface area contributed by atoms with Crippen molar-refractivity contribution in [2.75, 3.05) is 12.0 Å². The maximum atomic E-state index is 12.8. The Morgan fingerprint density at radius 2 is 2.04 bits per heavy atom. The number of para-hydroxylation sites is 1. The molecule has 0 bridgehead atoms. The van der Waals surface area contributed by atoms with E-state index in [4.69, 9.17) is 51.1 Å². The number of alkyl halides is 3. The third kappa shape index (κ3) is 3.72. The molecular formula is C13H13Cl4N3O2S. The van der Waals surface area contributed by atoms with E-state index in [9.17, 15) is 4.79 Å². The highest BCUT2D eigenvalue weighted by Crippen LogP contribution is 2.47. The smallest absolute Gasteiger partial charge is 0.351 e. The molecule has 1 saturated carbocycles. The summed E-state index contributed by atoms with van der Waals surface area (Å²) in [5, 5.41) is 0.430. The molecular weight excluding hydrogens is 404 g/mol. The molecule has 1 N–H and O–H groups in total. The van der Waals surface area contributed by atoms with Gasteiger partial charge in [-0.15, -0.1) is 0 Å². The molecule has 10 heteroatoms. The number of halogens is 4. The van der Waals surface area contributed by atoms with Gasteiger partial charge in [0.25, 0.3) is 3.12 Å². The van der Waals surface area contributed by atoms with E-state index in [2.05, 4.69) is 5.43 Å². The number of carbonyl (C=O) groups excluding carboxylic acids is 1. The van der Waals surface area contributed by atoms with Crippen molar-refractivity contribution in [2.45, 2.75) is 22.1 Å². The van der Waals surface area contributed by atoms with Crippen molar-refractivity contribution < 1.29 is 9.53 Å². The third-order valence-electron chi connectivity index (χ3n) is 3.58. The number of hydrazine groups is 1. The van der Waals surface area contributed by atoms with Gasteiger partial charge in [-0.05, 0) is 30.9 Å². The fourth-order valence-corrected chi connectivity index (χ4v) is 3.89. The lowest BCUT2D eigenvalue weighted by Gasteiger charge is -2.24. The maximum absolute atomic E-state index is 12.8. The van der Waals surface area contributed by atoms with E-state index in [1.165, 1.54) is 11.5 Å². The maximum Gasteiger partial charge on any atom is 0.351 e. The Labute approximate surface area is 158 Å². The lowest BCUT2D eigenvalue weighted by Crippen LogP contribution is -2.39. The van der Waals surface area contributed by atoms with Crippen molar-refractivity contribution in [2.24, 2.45) is 5.92 Å². The van der Waals surface area contributed by atoms with Crippen molar-refractivity contribution in [1.82, 2.24) is 9.84 Å². The van der Waals surface area contributed by atoms with Crippen LogP contribution in [-0.2, 0) is 0 Å². The van der Waals surface area contributed by atoms with E-state index in [-0.39, 0.29) is 12.2 Å². The number of rotatable bonds is 4. The number of amides is 2. The Bertz CT molecular complexity index is 624. The van der Waals surface area contributed by atoms with Gasteiger partial charge in [0.1, 0.15) is 6.17 Å². The Morgan fingerprint density at radius 1 is 1.35 bits per heavy atom. The van der Waals surface area contributed by atoms with Gasteiger partial charge in [-0.25, -0.2) is 4.79 Å². The number of anilines is 1. The Balaban J connectivity index is 1.96. The van der Waals surface area contributed by atoms with Gasteiger partial charge >= 0.3 is 6.03 Å². The second-order valence-corrected chi connectivity index (χ2v) is 9.71. The monoisotopic (exact) mass is 415 g/mol. The van der Waals surface area contributed by atoms with E-state index in [1.54, 1.807) is 23.1 Å². The molecule has 23 heavy (non-hydrogen) atoms. The topological polar surface area (TPSA) is 44.8 Å². The molecule has 1 aromatic carbocycles. The summed E-state index contributed by atoms with van der Waals surface area (Å²) < 4.78 is 4.96. The van der Waals surface area contributed by atoms with Gasteiger partial charge < -0.3 is 4.74 Å². The summed E-state index contributed by atoms with van der Waals surface area (Å²) in [7, 11) is 1.51. The van der Waals surface area contributed by atoms with Crippen LogP contribution in [0.1, 0.15) is 12.8 Å². The number of carbonyl (C=O) groups is 1. The molecule has 0 spiro atoms. The first-order valence-corrected chi connectivity index (χ1v) is 9.08. The minimum absolute atomic E-state index is 0.227. The molecule has 3 rings (SSSR count). The van der Waals surface area contributed by atoms with Gasteiger partial charge in [0.05, 0.1) is 17.8 Å². The summed E-state index contributed by atoms with van der Waals surface area (Å²) in [6.45, 7) is 0. The molecule has 2 amide bonds. The highest BCUT2D eigenvalue weighted by molar-refractivity contribution is 8.03. The number of benzene rings is 1. The number of hydrogen-bond donors (Lipinski definition) is 1. The van der Waals surface area contributed by atoms with Gasteiger partial charge in [0.15, 0.2) is 5.75 Å². The standard InChI is InChI=1S/C13H13Cl4N3O2S/c1-22-10-8(14)3-2-4-9(10)19-11(7-5-6-7)18-20(12(19)21)23-13(15,16)17/h2-4,7,11,18H,5-6H2,1H3. The molecule has 1 unspecified atom stereocenters. The SMILES string of the molecule is COc1c(Cl)cccc1N1C(=O)N(SC(Cl)(Cl)Cl)NC1C1CC1. The molecule has 1 aliphatic heterocycles. The summed E-state index contributed by atoms with van der Waals surface area (Å²) in [5.74, 6) is 0.777. The molecule has 1 atom stereocenters. The van der Waals surface area contributed by atoms with Crippen LogP contribution in [0.15, 0.2) is 18.2 Å². The van der Waals surface area contributed by atoms with Gasteiger partial charge in [-0.3, -0.25) is 4.90 Å². The second kappa shape index (κ2) is 6.58. The Kier molecular flexibility index (Phi) is 5.03. The molecule has 0 aromatic heterocycles. The highest BCUT2D eigenvalue weighted by Gasteiger charge is 2.49. The minimum atomic E-state index is -1.65. The van der Waals surface area contributed by atoms with Crippen LogP contribution in [0.25, 0.3) is 0 Å². The number of ether oxygens (including phenoxy) is 1. The van der Waals surface area contributed by atoms with Crippen molar-refractivity contribution in [3.05, 3.63) is 23.2 Å². The van der Waals surface area contributed by atoms with Crippen LogP contribution < -0.4 is 15.1 Å². The van der Waals surface area contributed by atoms with Crippen molar-refractivity contribution in [1.29, 1.82) is 0 Å². The average molecular weight is 417 g/mol. The molecule has 126 valence electrons. The summed E-state index contributed by atoms with van der Waals surface area (Å²) in [6, 6.07) is 4.92. The molecule has 0 radical (unpaired) electrons. The van der Waals surface area contributed by atoms with Gasteiger partial charge in [-0.1, -0.05) is 52.5 Å². The van der Waals surface area contributed by atoms with Crippen LogP contribution in [0, 0.1) is 5.92 Å². The summed E-state index contributed by atoms with van der Waals surface area (Å²) in [4.78, 5) is 14.4. The molecule has 1 aromatic rings. The van der Waals surface area contributed by atoms with Crippen LogP contribution in [0.5, 0.6) is 5.75 Å². The number of urea groups is 1. The predicted octanol–water partition coefficient (Wildman–Crippen LogP) is 4.81. The zero-order chi connectivity index (χ0) is 16.8. The minimum Gasteiger partial charge on any atom is -0.493 e. The first-order valence-electron chi connectivity index (χ1n) is 6.79. The van der Waals surface area contributed by atoms with Crippen LogP contribution in [0.4, 0.5) is 10.5 Å². The lowest BCUT2D eigenvalue weighted by molar-refractivity contribution is 0.236. The fourth-order valence-electron chi connectivity index (χ4n) is 2.49. The zero-order valence-corrected chi connectivity index (χ0v) is 15.8. The highest BCUT2D eigenvalue weighted by atomic mass is 35.6.